The normalized spacial score (nSPS) is 12.4. The van der Waals surface area contributed by atoms with Gasteiger partial charge in [-0.15, -0.1) is 0 Å². The van der Waals surface area contributed by atoms with Crippen molar-refractivity contribution in [1.82, 2.24) is 4.90 Å². The van der Waals surface area contributed by atoms with E-state index in [2.05, 4.69) is 5.32 Å². The summed E-state index contributed by atoms with van der Waals surface area (Å²) in [5.74, 6) is -1.73. The number of fused-ring (bicyclic) bond motifs is 1. The molecule has 1 aliphatic rings. The highest BCUT2D eigenvalue weighted by molar-refractivity contribution is 6.21. The van der Waals surface area contributed by atoms with Gasteiger partial charge in [-0.05, 0) is 67.8 Å². The lowest BCUT2D eigenvalue weighted by Gasteiger charge is -2.16. The summed E-state index contributed by atoms with van der Waals surface area (Å²) in [5, 5.41) is 2.75. The predicted molar refractivity (Wildman–Crippen MR) is 133 cm³/mol. The summed E-state index contributed by atoms with van der Waals surface area (Å²) in [6, 6.07) is 17.1. The van der Waals surface area contributed by atoms with Gasteiger partial charge in [-0.3, -0.25) is 19.3 Å². The first kappa shape index (κ1) is 24.7. The maximum atomic E-state index is 12.9. The van der Waals surface area contributed by atoms with E-state index < -0.39 is 30.3 Å². The lowest BCUT2D eigenvalue weighted by Crippen LogP contribution is -2.29. The van der Waals surface area contributed by atoms with Gasteiger partial charge in [0.2, 0.25) is 0 Å². The number of carbonyl (C=O) groups is 4. The lowest BCUT2D eigenvalue weighted by atomic mass is 10.1. The number of amides is 3. The molecule has 8 heteroatoms. The van der Waals surface area contributed by atoms with E-state index in [9.17, 15) is 19.2 Å². The largest absolute Gasteiger partial charge is 0.493 e. The van der Waals surface area contributed by atoms with Crippen LogP contribution in [0.15, 0.2) is 60.7 Å². The minimum Gasteiger partial charge on any atom is -0.493 e. The van der Waals surface area contributed by atoms with Gasteiger partial charge < -0.3 is 14.8 Å². The van der Waals surface area contributed by atoms with Crippen molar-refractivity contribution in [2.75, 3.05) is 18.5 Å². The molecule has 3 amide bonds. The van der Waals surface area contributed by atoms with Crippen molar-refractivity contribution in [3.05, 3.63) is 94.0 Å². The zero-order chi connectivity index (χ0) is 25.8. The third kappa shape index (κ3) is 5.12. The standard InChI is InChI=1S/C28H26N2O6/c1-4-35-24-12-11-19(15-30-26(32)20-7-5-6-8-21(20)27(30)33)14-22(24)28(34)36-16-25(31)29-23-13-17(2)9-10-18(23)3/h5-14H,4,15-16H2,1-3H3,(H,29,31). The first-order valence-electron chi connectivity index (χ1n) is 11.5. The van der Waals surface area contributed by atoms with Crippen LogP contribution in [0.2, 0.25) is 0 Å². The Labute approximate surface area is 208 Å². The van der Waals surface area contributed by atoms with E-state index in [1.165, 1.54) is 6.07 Å². The molecule has 0 aromatic heterocycles. The molecule has 3 aromatic carbocycles. The van der Waals surface area contributed by atoms with Crippen LogP contribution < -0.4 is 10.1 Å². The van der Waals surface area contributed by atoms with E-state index in [4.69, 9.17) is 9.47 Å². The Morgan fingerprint density at radius 2 is 1.61 bits per heavy atom. The van der Waals surface area contributed by atoms with E-state index in [-0.39, 0.29) is 17.9 Å². The Balaban J connectivity index is 1.47. The Morgan fingerprint density at radius 3 is 2.28 bits per heavy atom. The van der Waals surface area contributed by atoms with Gasteiger partial charge in [0.25, 0.3) is 17.7 Å². The van der Waals surface area contributed by atoms with E-state index in [1.807, 2.05) is 32.0 Å². The van der Waals surface area contributed by atoms with Crippen molar-refractivity contribution in [3.63, 3.8) is 0 Å². The number of rotatable bonds is 8. The molecule has 0 unspecified atom stereocenters. The number of ether oxygens (including phenoxy) is 2. The molecule has 0 saturated carbocycles. The molecule has 8 nitrogen and oxygen atoms in total. The van der Waals surface area contributed by atoms with Crippen molar-refractivity contribution < 1.29 is 28.7 Å². The van der Waals surface area contributed by atoms with E-state index in [0.717, 1.165) is 16.0 Å². The topological polar surface area (TPSA) is 102 Å². The van der Waals surface area contributed by atoms with Gasteiger partial charge in [-0.1, -0.05) is 30.3 Å². The third-order valence-electron chi connectivity index (χ3n) is 5.78. The average molecular weight is 487 g/mol. The smallest absolute Gasteiger partial charge is 0.342 e. The van der Waals surface area contributed by atoms with Crippen LogP contribution in [0.5, 0.6) is 5.75 Å². The molecule has 184 valence electrons. The van der Waals surface area contributed by atoms with Crippen molar-refractivity contribution >= 4 is 29.4 Å². The zero-order valence-electron chi connectivity index (χ0n) is 20.3. The average Bonchev–Trinajstić information content (AvgIpc) is 3.10. The number of aryl methyl sites for hydroxylation is 2. The van der Waals surface area contributed by atoms with Gasteiger partial charge >= 0.3 is 5.97 Å². The minimum absolute atomic E-state index is 0.0217. The molecule has 0 bridgehead atoms. The van der Waals surface area contributed by atoms with Crippen molar-refractivity contribution in [2.45, 2.75) is 27.3 Å². The van der Waals surface area contributed by atoms with Crippen LogP contribution in [0, 0.1) is 13.8 Å². The summed E-state index contributed by atoms with van der Waals surface area (Å²) in [4.78, 5) is 51.8. The van der Waals surface area contributed by atoms with Crippen LogP contribution in [0.25, 0.3) is 0 Å². The van der Waals surface area contributed by atoms with Crippen LogP contribution in [0.1, 0.15) is 54.7 Å². The lowest BCUT2D eigenvalue weighted by molar-refractivity contribution is -0.119. The summed E-state index contributed by atoms with van der Waals surface area (Å²) >= 11 is 0. The molecule has 0 spiro atoms. The fraction of sp³-hybridized carbons (Fsp3) is 0.214. The first-order chi connectivity index (χ1) is 17.3. The second kappa shape index (κ2) is 10.4. The highest BCUT2D eigenvalue weighted by Crippen LogP contribution is 2.27. The maximum Gasteiger partial charge on any atom is 0.342 e. The van der Waals surface area contributed by atoms with Crippen molar-refractivity contribution in [1.29, 1.82) is 0 Å². The highest BCUT2D eigenvalue weighted by atomic mass is 16.5. The number of hydrogen-bond acceptors (Lipinski definition) is 6. The Bertz CT molecular complexity index is 1330. The maximum absolute atomic E-state index is 12.9. The Kier molecular flexibility index (Phi) is 7.15. The number of esters is 1. The number of nitrogens with one attached hydrogen (secondary N) is 1. The van der Waals surface area contributed by atoms with E-state index in [1.54, 1.807) is 43.3 Å². The molecule has 0 aliphatic carbocycles. The zero-order valence-corrected chi connectivity index (χ0v) is 20.3. The first-order valence-corrected chi connectivity index (χ1v) is 11.5. The number of anilines is 1. The van der Waals surface area contributed by atoms with Gasteiger partial charge in [0.05, 0.1) is 24.3 Å². The number of hydrogen-bond donors (Lipinski definition) is 1. The van der Waals surface area contributed by atoms with Crippen molar-refractivity contribution in [3.8, 4) is 5.75 Å². The molecule has 0 fully saturated rings. The minimum atomic E-state index is -0.751. The summed E-state index contributed by atoms with van der Waals surface area (Å²) in [7, 11) is 0. The summed E-state index contributed by atoms with van der Waals surface area (Å²) in [6.45, 7) is 5.37. The quantitative estimate of drug-likeness (QED) is 0.376. The van der Waals surface area contributed by atoms with Gasteiger partial charge in [0.15, 0.2) is 6.61 Å². The molecule has 0 radical (unpaired) electrons. The molecule has 36 heavy (non-hydrogen) atoms. The van der Waals surface area contributed by atoms with Crippen molar-refractivity contribution in [2.24, 2.45) is 0 Å². The summed E-state index contributed by atoms with van der Waals surface area (Å²) in [5.41, 5.74) is 3.87. The molecule has 1 aliphatic heterocycles. The molecular weight excluding hydrogens is 460 g/mol. The fourth-order valence-corrected chi connectivity index (χ4v) is 3.95. The Hall–Kier alpha value is -4.46. The van der Waals surface area contributed by atoms with Gasteiger partial charge in [-0.2, -0.15) is 0 Å². The molecule has 0 atom stereocenters. The van der Waals surface area contributed by atoms with E-state index >= 15 is 0 Å². The summed E-state index contributed by atoms with van der Waals surface area (Å²) in [6.07, 6.45) is 0. The SMILES string of the molecule is CCOc1ccc(CN2C(=O)c3ccccc3C2=O)cc1C(=O)OCC(=O)Nc1cc(C)ccc1C. The van der Waals surface area contributed by atoms with Crippen LogP contribution in [0.4, 0.5) is 5.69 Å². The van der Waals surface area contributed by atoms with Crippen LogP contribution >= 0.6 is 0 Å². The van der Waals surface area contributed by atoms with Gasteiger partial charge in [-0.25, -0.2) is 4.79 Å². The number of imide groups is 1. The van der Waals surface area contributed by atoms with E-state index in [0.29, 0.717) is 29.0 Å². The second-order valence-corrected chi connectivity index (χ2v) is 8.45. The molecule has 4 rings (SSSR count). The number of nitrogens with zero attached hydrogens (tertiary/aromatic N) is 1. The van der Waals surface area contributed by atoms with Crippen LogP contribution in [-0.4, -0.2) is 41.8 Å². The molecule has 1 N–H and O–H groups in total. The third-order valence-corrected chi connectivity index (χ3v) is 5.78. The highest BCUT2D eigenvalue weighted by Gasteiger charge is 2.35. The number of benzene rings is 3. The molecular formula is C28H26N2O6. The second-order valence-electron chi connectivity index (χ2n) is 8.45. The molecule has 1 heterocycles. The van der Waals surface area contributed by atoms with Gasteiger partial charge in [0.1, 0.15) is 11.3 Å². The fourth-order valence-electron chi connectivity index (χ4n) is 3.95. The van der Waals surface area contributed by atoms with Crippen LogP contribution in [0.3, 0.4) is 0 Å². The predicted octanol–water partition coefficient (Wildman–Crippen LogP) is 4.29. The van der Waals surface area contributed by atoms with Gasteiger partial charge in [0, 0.05) is 5.69 Å². The monoisotopic (exact) mass is 486 g/mol. The molecule has 0 saturated heterocycles. The van der Waals surface area contributed by atoms with Crippen LogP contribution in [-0.2, 0) is 16.1 Å². The summed E-state index contributed by atoms with van der Waals surface area (Å²) < 4.78 is 10.8. The molecule has 3 aromatic rings. The Morgan fingerprint density at radius 1 is 0.917 bits per heavy atom. The number of carbonyl (C=O) groups excluding carboxylic acids is 4.